The maximum atomic E-state index is 12.4. The van der Waals surface area contributed by atoms with Crippen molar-refractivity contribution in [3.8, 4) is 5.69 Å². The number of pyridine rings is 1. The highest BCUT2D eigenvalue weighted by Crippen LogP contribution is 2.29. The van der Waals surface area contributed by atoms with Gasteiger partial charge >= 0.3 is 5.97 Å². The summed E-state index contributed by atoms with van der Waals surface area (Å²) < 4.78 is 6.94. The number of anilines is 2. The third-order valence-corrected chi connectivity index (χ3v) is 4.72. The van der Waals surface area contributed by atoms with Gasteiger partial charge in [-0.2, -0.15) is 0 Å². The minimum atomic E-state index is -0.487. The molecule has 29 heavy (non-hydrogen) atoms. The fraction of sp³-hybridized carbons (Fsp3) is 0.150. The summed E-state index contributed by atoms with van der Waals surface area (Å²) >= 11 is 1.38. The lowest BCUT2D eigenvalue weighted by atomic mass is 10.2. The molecule has 0 amide bonds. The van der Waals surface area contributed by atoms with Gasteiger partial charge in [0.2, 0.25) is 0 Å². The van der Waals surface area contributed by atoms with E-state index < -0.39 is 5.97 Å². The molecule has 9 heteroatoms. The number of rotatable bonds is 6. The molecule has 0 atom stereocenters. The third-order valence-electron chi connectivity index (χ3n) is 4.16. The smallest absolute Gasteiger partial charge is 0.343 e. The van der Waals surface area contributed by atoms with E-state index in [2.05, 4.69) is 20.3 Å². The highest BCUT2D eigenvalue weighted by Gasteiger charge is 2.19. The first-order chi connectivity index (χ1) is 14.2. The summed E-state index contributed by atoms with van der Waals surface area (Å²) in [6.45, 7) is 2.02. The lowest BCUT2D eigenvalue weighted by Crippen LogP contribution is -2.11. The van der Waals surface area contributed by atoms with E-state index in [-0.39, 0.29) is 12.2 Å². The van der Waals surface area contributed by atoms with Crippen LogP contribution in [-0.4, -0.2) is 43.6 Å². The van der Waals surface area contributed by atoms with Gasteiger partial charge in [0.15, 0.2) is 16.8 Å². The number of esters is 1. The van der Waals surface area contributed by atoms with Crippen LogP contribution in [0.3, 0.4) is 0 Å². The molecule has 0 fully saturated rings. The van der Waals surface area contributed by atoms with Crippen LogP contribution in [-0.2, 0) is 4.74 Å². The second kappa shape index (κ2) is 8.27. The van der Waals surface area contributed by atoms with Crippen molar-refractivity contribution in [3.63, 3.8) is 0 Å². The molecule has 146 valence electrons. The van der Waals surface area contributed by atoms with Crippen LogP contribution in [0.15, 0.2) is 60.1 Å². The van der Waals surface area contributed by atoms with Gasteiger partial charge in [0, 0.05) is 17.8 Å². The van der Waals surface area contributed by atoms with Crippen molar-refractivity contribution in [3.05, 3.63) is 60.6 Å². The van der Waals surface area contributed by atoms with E-state index in [4.69, 9.17) is 9.84 Å². The van der Waals surface area contributed by atoms with Gasteiger partial charge in [0.05, 0.1) is 24.0 Å². The molecule has 0 bridgehead atoms. The number of hydrogen-bond donors (Lipinski definition) is 1. The number of hydrogen-bond acceptors (Lipinski definition) is 8. The van der Waals surface area contributed by atoms with Gasteiger partial charge in [-0.1, -0.05) is 23.9 Å². The van der Waals surface area contributed by atoms with E-state index in [1.807, 2.05) is 42.7 Å². The van der Waals surface area contributed by atoms with Crippen LogP contribution in [0.2, 0.25) is 0 Å². The van der Waals surface area contributed by atoms with E-state index in [9.17, 15) is 4.79 Å². The largest absolute Gasteiger partial charge is 0.462 e. The molecule has 4 aromatic rings. The van der Waals surface area contributed by atoms with Crippen molar-refractivity contribution in [2.45, 2.75) is 12.1 Å². The van der Waals surface area contributed by atoms with Crippen molar-refractivity contribution in [1.29, 1.82) is 0 Å². The summed E-state index contributed by atoms with van der Waals surface area (Å²) in [4.78, 5) is 25.2. The molecule has 0 unspecified atom stereocenters. The van der Waals surface area contributed by atoms with Crippen LogP contribution in [0.25, 0.3) is 16.6 Å². The molecule has 0 aliphatic rings. The fourth-order valence-electron chi connectivity index (χ4n) is 2.86. The Hall–Kier alpha value is -3.46. The summed E-state index contributed by atoms with van der Waals surface area (Å²) in [6, 6.07) is 11.6. The van der Waals surface area contributed by atoms with Crippen molar-refractivity contribution >= 4 is 40.3 Å². The Morgan fingerprint density at radius 2 is 2.03 bits per heavy atom. The van der Waals surface area contributed by atoms with Crippen molar-refractivity contribution in [2.75, 3.05) is 18.2 Å². The number of carbonyl (C=O) groups is 1. The summed E-state index contributed by atoms with van der Waals surface area (Å²) in [7, 11) is 0. The van der Waals surface area contributed by atoms with Crippen LogP contribution in [0.1, 0.15) is 17.3 Å². The molecule has 0 saturated carbocycles. The number of ether oxygens (including phenoxy) is 1. The zero-order chi connectivity index (χ0) is 20.2. The van der Waals surface area contributed by atoms with Crippen LogP contribution in [0.5, 0.6) is 0 Å². The summed E-state index contributed by atoms with van der Waals surface area (Å²) in [6.07, 6.45) is 6.80. The summed E-state index contributed by atoms with van der Waals surface area (Å²) in [5.74, 6) is 0.434. The summed E-state index contributed by atoms with van der Waals surface area (Å²) in [5, 5.41) is 9.33. The van der Waals surface area contributed by atoms with Crippen molar-refractivity contribution in [1.82, 2.24) is 24.7 Å². The number of nitrogens with zero attached hydrogens (tertiary/aromatic N) is 5. The monoisotopic (exact) mass is 406 g/mol. The minimum absolute atomic E-state index is 0.254. The quantitative estimate of drug-likeness (QED) is 0.293. The highest BCUT2D eigenvalue weighted by molar-refractivity contribution is 7.98. The molecule has 3 heterocycles. The maximum absolute atomic E-state index is 12.4. The van der Waals surface area contributed by atoms with Crippen molar-refractivity contribution in [2.24, 2.45) is 0 Å². The van der Waals surface area contributed by atoms with E-state index in [0.29, 0.717) is 16.8 Å². The molecular weight excluding hydrogens is 388 g/mol. The Bertz CT molecular complexity index is 1160. The molecule has 0 spiro atoms. The first-order valence-corrected chi connectivity index (χ1v) is 10.2. The van der Waals surface area contributed by atoms with Gasteiger partial charge in [0.25, 0.3) is 0 Å². The Morgan fingerprint density at radius 3 is 2.79 bits per heavy atom. The lowest BCUT2D eigenvalue weighted by molar-refractivity contribution is 0.0526. The maximum Gasteiger partial charge on any atom is 0.343 e. The van der Waals surface area contributed by atoms with Crippen LogP contribution in [0.4, 0.5) is 11.6 Å². The first kappa shape index (κ1) is 18.9. The van der Waals surface area contributed by atoms with Gasteiger partial charge < -0.3 is 10.1 Å². The van der Waals surface area contributed by atoms with Crippen LogP contribution >= 0.6 is 11.8 Å². The molecule has 8 nitrogen and oxygen atoms in total. The molecule has 0 aliphatic carbocycles. The third kappa shape index (κ3) is 3.77. The molecule has 0 aliphatic heterocycles. The average molecular weight is 406 g/mol. The molecule has 0 saturated heterocycles. The summed E-state index contributed by atoms with van der Waals surface area (Å²) in [5.41, 5.74) is 1.99. The zero-order valence-electron chi connectivity index (χ0n) is 15.9. The molecule has 3 aromatic heterocycles. The van der Waals surface area contributed by atoms with E-state index in [0.717, 1.165) is 16.6 Å². The predicted octanol–water partition coefficient (Wildman–Crippen LogP) is 3.85. The average Bonchev–Trinajstić information content (AvgIpc) is 3.13. The topological polar surface area (TPSA) is 94.8 Å². The Morgan fingerprint density at radius 1 is 1.17 bits per heavy atom. The number of aromatic nitrogens is 5. The molecular formula is C20H18N6O2S. The van der Waals surface area contributed by atoms with E-state index in [1.54, 1.807) is 24.0 Å². The number of nitrogens with one attached hydrogen (secondary N) is 1. The van der Waals surface area contributed by atoms with Gasteiger partial charge in [-0.15, -0.1) is 5.10 Å². The highest BCUT2D eigenvalue weighted by atomic mass is 32.2. The Kier molecular flexibility index (Phi) is 5.39. The first-order valence-electron chi connectivity index (χ1n) is 8.94. The second-order valence-corrected chi connectivity index (χ2v) is 6.73. The van der Waals surface area contributed by atoms with Gasteiger partial charge in [-0.25, -0.2) is 19.4 Å². The number of fused-ring (bicyclic) bond motifs is 1. The van der Waals surface area contributed by atoms with Gasteiger partial charge in [-0.3, -0.25) is 4.98 Å². The lowest BCUT2D eigenvalue weighted by Gasteiger charge is -2.09. The van der Waals surface area contributed by atoms with Crippen molar-refractivity contribution < 1.29 is 9.53 Å². The molecule has 1 N–H and O–H groups in total. The number of carbonyl (C=O) groups excluding carboxylic acids is 1. The van der Waals surface area contributed by atoms with Gasteiger partial charge in [-0.05, 0) is 37.4 Å². The van der Waals surface area contributed by atoms with Crippen LogP contribution in [0, 0.1) is 0 Å². The Balaban J connectivity index is 1.82. The van der Waals surface area contributed by atoms with Crippen LogP contribution < -0.4 is 5.32 Å². The number of thioether (sulfide) groups is 1. The Labute approximate surface area is 171 Å². The minimum Gasteiger partial charge on any atom is -0.462 e. The number of para-hydroxylation sites is 1. The second-order valence-electron chi connectivity index (χ2n) is 5.95. The number of benzene rings is 1. The molecule has 4 rings (SSSR count). The SMILES string of the molecule is CCOC(=O)c1cnc(SC)nc1Nc1nn(-c2cccnc2)c2ccccc12. The van der Waals surface area contributed by atoms with Gasteiger partial charge in [0.1, 0.15) is 5.56 Å². The predicted molar refractivity (Wildman–Crippen MR) is 112 cm³/mol. The fourth-order valence-corrected chi connectivity index (χ4v) is 3.20. The normalized spacial score (nSPS) is 10.8. The standard InChI is InChI=1S/C20H18N6O2S/c1-3-28-19(27)15-12-22-20(29-2)24-17(15)23-18-14-8-4-5-9-16(14)26(25-18)13-7-6-10-21-11-13/h4-12H,3H2,1-2H3,(H,22,23,24,25). The zero-order valence-corrected chi connectivity index (χ0v) is 16.7. The molecule has 1 aromatic carbocycles. The van der Waals surface area contributed by atoms with E-state index >= 15 is 0 Å². The molecule has 0 radical (unpaired) electrons. The van der Waals surface area contributed by atoms with E-state index in [1.165, 1.54) is 18.0 Å².